The summed E-state index contributed by atoms with van der Waals surface area (Å²) in [6.07, 6.45) is 0. The molecular formula is C19H17FN2O3S. The maximum Gasteiger partial charge on any atom is 0.290 e. The predicted molar refractivity (Wildman–Crippen MR) is 98.2 cm³/mol. The van der Waals surface area contributed by atoms with Gasteiger partial charge in [-0.2, -0.15) is 0 Å². The molecule has 26 heavy (non-hydrogen) atoms. The standard InChI is InChI=1S/C19H17FN2O3S/c1-21(2)7-8-22-16(14-4-3-9-26-14)15-17(23)12-10-11(20)5-6-13(12)25-18(15)19(22)24/h3-6,9-10,16H,7-8H2,1-2H3/t16-/m1/s1. The highest BCUT2D eigenvalue weighted by Crippen LogP contribution is 2.39. The second-order valence-electron chi connectivity index (χ2n) is 6.53. The lowest BCUT2D eigenvalue weighted by molar-refractivity contribution is 0.0718. The fourth-order valence-corrected chi connectivity index (χ4v) is 4.12. The van der Waals surface area contributed by atoms with Crippen LogP contribution in [0.4, 0.5) is 4.39 Å². The molecule has 2 aromatic heterocycles. The van der Waals surface area contributed by atoms with Gasteiger partial charge < -0.3 is 14.2 Å². The smallest absolute Gasteiger partial charge is 0.290 e. The Hall–Kier alpha value is -2.51. The monoisotopic (exact) mass is 372 g/mol. The molecule has 0 saturated carbocycles. The molecule has 0 saturated heterocycles. The van der Waals surface area contributed by atoms with Gasteiger partial charge in [0.1, 0.15) is 11.4 Å². The Labute approximate surface area is 153 Å². The molecule has 1 aromatic carbocycles. The first-order valence-electron chi connectivity index (χ1n) is 8.22. The lowest BCUT2D eigenvalue weighted by Gasteiger charge is -2.25. The average molecular weight is 372 g/mol. The van der Waals surface area contributed by atoms with Gasteiger partial charge in [-0.25, -0.2) is 4.39 Å². The van der Waals surface area contributed by atoms with Crippen molar-refractivity contribution in [3.63, 3.8) is 0 Å². The summed E-state index contributed by atoms with van der Waals surface area (Å²) in [5.41, 5.74) is 0.178. The van der Waals surface area contributed by atoms with Gasteiger partial charge in [-0.1, -0.05) is 6.07 Å². The van der Waals surface area contributed by atoms with Gasteiger partial charge in [-0.15, -0.1) is 11.3 Å². The van der Waals surface area contributed by atoms with E-state index >= 15 is 0 Å². The van der Waals surface area contributed by atoms with Crippen LogP contribution >= 0.6 is 11.3 Å². The Bertz CT molecular complexity index is 1040. The van der Waals surface area contributed by atoms with Gasteiger partial charge in [0.25, 0.3) is 5.91 Å². The van der Waals surface area contributed by atoms with Crippen molar-refractivity contribution in [3.05, 3.63) is 68.0 Å². The van der Waals surface area contributed by atoms with Crippen LogP contribution in [0.2, 0.25) is 0 Å². The minimum atomic E-state index is -0.508. The Morgan fingerprint density at radius 2 is 2.08 bits per heavy atom. The minimum absolute atomic E-state index is 0.0614. The molecule has 5 nitrogen and oxygen atoms in total. The first-order chi connectivity index (χ1) is 12.5. The largest absolute Gasteiger partial charge is 0.450 e. The van der Waals surface area contributed by atoms with E-state index in [1.807, 2.05) is 36.5 Å². The van der Waals surface area contributed by atoms with E-state index in [1.165, 1.54) is 29.5 Å². The van der Waals surface area contributed by atoms with Gasteiger partial charge in [0.2, 0.25) is 5.76 Å². The highest BCUT2D eigenvalue weighted by Gasteiger charge is 2.42. The van der Waals surface area contributed by atoms with Crippen molar-refractivity contribution in [3.8, 4) is 0 Å². The third kappa shape index (κ3) is 2.64. The number of carbonyl (C=O) groups is 1. The van der Waals surface area contributed by atoms with Gasteiger partial charge in [0.05, 0.1) is 17.0 Å². The molecule has 3 heterocycles. The van der Waals surface area contributed by atoms with Gasteiger partial charge in [-0.05, 0) is 43.7 Å². The molecule has 7 heteroatoms. The van der Waals surface area contributed by atoms with E-state index in [4.69, 9.17) is 4.42 Å². The van der Waals surface area contributed by atoms with Crippen LogP contribution in [-0.2, 0) is 0 Å². The number of amides is 1. The van der Waals surface area contributed by atoms with Crippen molar-refractivity contribution < 1.29 is 13.6 Å². The number of thiophene rings is 1. The normalized spacial score (nSPS) is 16.7. The van der Waals surface area contributed by atoms with Crippen molar-refractivity contribution in [2.45, 2.75) is 6.04 Å². The zero-order valence-corrected chi connectivity index (χ0v) is 15.2. The van der Waals surface area contributed by atoms with Crippen LogP contribution in [0.5, 0.6) is 0 Å². The highest BCUT2D eigenvalue weighted by molar-refractivity contribution is 7.10. The zero-order chi connectivity index (χ0) is 18.4. The molecule has 0 N–H and O–H groups in total. The Balaban J connectivity index is 1.94. The number of fused-ring (bicyclic) bond motifs is 2. The fraction of sp³-hybridized carbons (Fsp3) is 0.263. The van der Waals surface area contributed by atoms with Crippen molar-refractivity contribution in [2.75, 3.05) is 27.2 Å². The number of hydrogen-bond acceptors (Lipinski definition) is 5. The molecule has 0 unspecified atom stereocenters. The Morgan fingerprint density at radius 3 is 2.77 bits per heavy atom. The molecule has 0 aliphatic carbocycles. The molecule has 0 fully saturated rings. The highest BCUT2D eigenvalue weighted by atomic mass is 32.1. The molecule has 0 spiro atoms. The topological polar surface area (TPSA) is 53.8 Å². The quantitative estimate of drug-likeness (QED) is 0.706. The van der Waals surface area contributed by atoms with Crippen LogP contribution in [-0.4, -0.2) is 42.9 Å². The van der Waals surface area contributed by atoms with Gasteiger partial charge >= 0.3 is 0 Å². The number of carbonyl (C=O) groups excluding carboxylic acids is 1. The van der Waals surface area contributed by atoms with Crippen molar-refractivity contribution in [1.82, 2.24) is 9.80 Å². The summed E-state index contributed by atoms with van der Waals surface area (Å²) in [7, 11) is 3.85. The van der Waals surface area contributed by atoms with E-state index in [9.17, 15) is 14.0 Å². The van der Waals surface area contributed by atoms with Gasteiger partial charge in [0, 0.05) is 18.0 Å². The predicted octanol–water partition coefficient (Wildman–Crippen LogP) is 3.10. The van der Waals surface area contributed by atoms with Crippen molar-refractivity contribution >= 4 is 28.2 Å². The van der Waals surface area contributed by atoms with Crippen LogP contribution in [0.1, 0.15) is 27.0 Å². The first kappa shape index (κ1) is 16.9. The van der Waals surface area contributed by atoms with E-state index in [-0.39, 0.29) is 28.1 Å². The Kier molecular flexibility index (Phi) is 4.13. The minimum Gasteiger partial charge on any atom is -0.450 e. The van der Waals surface area contributed by atoms with Crippen LogP contribution < -0.4 is 5.43 Å². The maximum atomic E-state index is 13.6. The van der Waals surface area contributed by atoms with Crippen LogP contribution in [0.3, 0.4) is 0 Å². The maximum absolute atomic E-state index is 13.6. The zero-order valence-electron chi connectivity index (χ0n) is 14.4. The molecule has 134 valence electrons. The number of nitrogens with zero attached hydrogens (tertiary/aromatic N) is 2. The summed E-state index contributed by atoms with van der Waals surface area (Å²) in [6.45, 7) is 1.12. The van der Waals surface area contributed by atoms with Gasteiger partial charge in [0.15, 0.2) is 5.43 Å². The number of rotatable bonds is 4. The average Bonchev–Trinajstić information content (AvgIpc) is 3.21. The van der Waals surface area contributed by atoms with E-state index in [1.54, 1.807) is 4.90 Å². The molecule has 0 bridgehead atoms. The molecule has 1 atom stereocenters. The lowest BCUT2D eigenvalue weighted by atomic mass is 10.0. The molecule has 0 radical (unpaired) electrons. The number of hydrogen-bond donors (Lipinski definition) is 0. The third-order valence-electron chi connectivity index (χ3n) is 4.53. The summed E-state index contributed by atoms with van der Waals surface area (Å²) in [6, 6.07) is 7.06. The van der Waals surface area contributed by atoms with E-state index in [2.05, 4.69) is 0 Å². The second-order valence-corrected chi connectivity index (χ2v) is 7.51. The fourth-order valence-electron chi connectivity index (χ4n) is 3.27. The van der Waals surface area contributed by atoms with Crippen LogP contribution in [0.15, 0.2) is 44.9 Å². The summed E-state index contributed by atoms with van der Waals surface area (Å²) in [4.78, 5) is 30.6. The summed E-state index contributed by atoms with van der Waals surface area (Å²) < 4.78 is 19.4. The summed E-state index contributed by atoms with van der Waals surface area (Å²) >= 11 is 1.48. The number of benzene rings is 1. The van der Waals surface area contributed by atoms with Crippen molar-refractivity contribution in [2.24, 2.45) is 0 Å². The molecule has 1 amide bonds. The van der Waals surface area contributed by atoms with E-state index < -0.39 is 11.9 Å². The van der Waals surface area contributed by atoms with Crippen LogP contribution in [0, 0.1) is 5.82 Å². The molecule has 1 aliphatic rings. The molecular weight excluding hydrogens is 355 g/mol. The van der Waals surface area contributed by atoms with E-state index in [0.717, 1.165) is 4.88 Å². The summed E-state index contributed by atoms with van der Waals surface area (Å²) in [5.74, 6) is -0.749. The van der Waals surface area contributed by atoms with Crippen molar-refractivity contribution in [1.29, 1.82) is 0 Å². The molecule has 3 aromatic rings. The van der Waals surface area contributed by atoms with E-state index in [0.29, 0.717) is 18.7 Å². The third-order valence-corrected chi connectivity index (χ3v) is 5.45. The number of likely N-dealkylation sites (N-methyl/N-ethyl adjacent to an activating group) is 1. The van der Waals surface area contributed by atoms with Crippen LogP contribution in [0.25, 0.3) is 11.0 Å². The Morgan fingerprint density at radius 1 is 1.27 bits per heavy atom. The number of halogens is 1. The molecule has 1 aliphatic heterocycles. The SMILES string of the molecule is CN(C)CCN1C(=O)c2oc3ccc(F)cc3c(=O)c2[C@H]1c1cccs1. The van der Waals surface area contributed by atoms with Gasteiger partial charge in [-0.3, -0.25) is 9.59 Å². The molecule has 4 rings (SSSR count). The first-order valence-corrected chi connectivity index (χ1v) is 9.10. The lowest BCUT2D eigenvalue weighted by Crippen LogP contribution is -2.35. The second kappa shape index (κ2) is 6.34. The summed E-state index contributed by atoms with van der Waals surface area (Å²) in [5, 5.41) is 2.07.